The first-order valence-corrected chi connectivity index (χ1v) is 10.4. The number of nitrogens with zero attached hydrogens (tertiary/aromatic N) is 2. The van der Waals surface area contributed by atoms with Crippen LogP contribution in [-0.2, 0) is 4.79 Å². The average Bonchev–Trinajstić information content (AvgIpc) is 2.69. The van der Waals surface area contributed by atoms with Crippen molar-refractivity contribution in [3.8, 4) is 5.75 Å². The zero-order valence-electron chi connectivity index (χ0n) is 18.2. The number of carbonyl (C=O) groups excluding carboxylic acids is 1. The van der Waals surface area contributed by atoms with Crippen molar-refractivity contribution in [1.82, 2.24) is 4.90 Å². The third-order valence-corrected chi connectivity index (χ3v) is 5.55. The smallest absolute Gasteiger partial charge is 0.265 e. The van der Waals surface area contributed by atoms with Crippen LogP contribution in [0.15, 0.2) is 42.5 Å². The van der Waals surface area contributed by atoms with Crippen LogP contribution in [0.1, 0.15) is 37.8 Å². The van der Waals surface area contributed by atoms with E-state index in [2.05, 4.69) is 61.1 Å². The zero-order valence-corrected chi connectivity index (χ0v) is 18.2. The van der Waals surface area contributed by atoms with E-state index >= 15 is 0 Å². The summed E-state index contributed by atoms with van der Waals surface area (Å²) >= 11 is 0. The van der Waals surface area contributed by atoms with Crippen molar-refractivity contribution in [1.29, 1.82) is 0 Å². The maximum atomic E-state index is 12.5. The highest BCUT2D eigenvalue weighted by molar-refractivity contribution is 5.94. The molecule has 156 valence electrons. The number of hydrogen-bond acceptors (Lipinski definition) is 4. The van der Waals surface area contributed by atoms with Crippen LogP contribution in [0.4, 0.5) is 11.4 Å². The van der Waals surface area contributed by atoms with Crippen molar-refractivity contribution >= 4 is 17.3 Å². The van der Waals surface area contributed by atoms with Crippen LogP contribution in [0.3, 0.4) is 0 Å². The molecule has 2 aromatic rings. The maximum absolute atomic E-state index is 12.5. The van der Waals surface area contributed by atoms with Gasteiger partial charge >= 0.3 is 0 Å². The first kappa shape index (κ1) is 21.2. The van der Waals surface area contributed by atoms with Gasteiger partial charge in [0.2, 0.25) is 0 Å². The van der Waals surface area contributed by atoms with Crippen molar-refractivity contribution in [3.05, 3.63) is 53.6 Å². The minimum atomic E-state index is -0.573. The molecule has 0 radical (unpaired) electrons. The van der Waals surface area contributed by atoms with E-state index in [1.165, 1.54) is 16.8 Å². The topological polar surface area (TPSA) is 44.8 Å². The minimum absolute atomic E-state index is 0.150. The lowest BCUT2D eigenvalue weighted by atomic mass is 9.98. The predicted molar refractivity (Wildman–Crippen MR) is 120 cm³/mol. The van der Waals surface area contributed by atoms with Crippen LogP contribution >= 0.6 is 0 Å². The zero-order chi connectivity index (χ0) is 21.0. The summed E-state index contributed by atoms with van der Waals surface area (Å²) in [4.78, 5) is 17.3. The number of carbonyl (C=O) groups is 1. The third-order valence-electron chi connectivity index (χ3n) is 5.55. The number of piperazine rings is 1. The second-order valence-electron chi connectivity index (χ2n) is 8.26. The molecule has 0 aromatic heterocycles. The van der Waals surface area contributed by atoms with Gasteiger partial charge in [0.25, 0.3) is 5.91 Å². The Labute approximate surface area is 174 Å². The molecule has 29 heavy (non-hydrogen) atoms. The van der Waals surface area contributed by atoms with Gasteiger partial charge in [-0.15, -0.1) is 0 Å². The van der Waals surface area contributed by atoms with E-state index in [0.717, 1.165) is 37.6 Å². The van der Waals surface area contributed by atoms with Crippen LogP contribution in [0, 0.1) is 6.92 Å². The Bertz CT molecular complexity index is 825. The van der Waals surface area contributed by atoms with Gasteiger partial charge in [0, 0.05) is 37.6 Å². The van der Waals surface area contributed by atoms with Gasteiger partial charge in [0.15, 0.2) is 6.10 Å². The van der Waals surface area contributed by atoms with Gasteiger partial charge in [-0.05, 0) is 74.3 Å². The summed E-state index contributed by atoms with van der Waals surface area (Å²) in [5.41, 5.74) is 4.47. The Balaban J connectivity index is 1.56. The van der Waals surface area contributed by atoms with Gasteiger partial charge in [-0.25, -0.2) is 0 Å². The fourth-order valence-electron chi connectivity index (χ4n) is 3.69. The molecule has 1 atom stereocenters. The molecule has 1 heterocycles. The highest BCUT2D eigenvalue weighted by Crippen LogP contribution is 2.24. The molecule has 2 aromatic carbocycles. The van der Waals surface area contributed by atoms with E-state index in [-0.39, 0.29) is 5.91 Å². The number of anilines is 2. The summed E-state index contributed by atoms with van der Waals surface area (Å²) in [6, 6.07) is 14.1. The van der Waals surface area contributed by atoms with Crippen molar-refractivity contribution in [2.24, 2.45) is 0 Å². The summed E-state index contributed by atoms with van der Waals surface area (Å²) in [5, 5.41) is 2.95. The summed E-state index contributed by atoms with van der Waals surface area (Å²) in [6.07, 6.45) is -0.573. The van der Waals surface area contributed by atoms with Crippen LogP contribution in [-0.4, -0.2) is 50.1 Å². The van der Waals surface area contributed by atoms with Crippen LogP contribution in [0.5, 0.6) is 5.75 Å². The molecule has 1 aliphatic rings. The molecular weight excluding hydrogens is 362 g/mol. The molecule has 1 saturated heterocycles. The lowest BCUT2D eigenvalue weighted by Crippen LogP contribution is -2.44. The Morgan fingerprint density at radius 1 is 1.00 bits per heavy atom. The monoisotopic (exact) mass is 395 g/mol. The van der Waals surface area contributed by atoms with E-state index < -0.39 is 6.10 Å². The summed E-state index contributed by atoms with van der Waals surface area (Å²) in [6.45, 7) is 12.4. The van der Waals surface area contributed by atoms with E-state index in [4.69, 9.17) is 4.74 Å². The predicted octanol–water partition coefficient (Wildman–Crippen LogP) is 4.28. The van der Waals surface area contributed by atoms with E-state index in [0.29, 0.717) is 5.92 Å². The van der Waals surface area contributed by atoms with Gasteiger partial charge in [-0.2, -0.15) is 0 Å². The van der Waals surface area contributed by atoms with Crippen LogP contribution in [0.25, 0.3) is 0 Å². The fraction of sp³-hybridized carbons (Fsp3) is 0.458. The van der Waals surface area contributed by atoms with Gasteiger partial charge in [-0.3, -0.25) is 4.79 Å². The Hall–Kier alpha value is -2.53. The lowest BCUT2D eigenvalue weighted by Gasteiger charge is -2.34. The van der Waals surface area contributed by atoms with Crippen molar-refractivity contribution in [3.63, 3.8) is 0 Å². The first-order valence-electron chi connectivity index (χ1n) is 10.4. The van der Waals surface area contributed by atoms with Crippen LogP contribution in [0.2, 0.25) is 0 Å². The number of benzene rings is 2. The quantitative estimate of drug-likeness (QED) is 0.793. The van der Waals surface area contributed by atoms with Crippen LogP contribution < -0.4 is 15.0 Å². The molecule has 1 unspecified atom stereocenters. The molecule has 0 aliphatic carbocycles. The lowest BCUT2D eigenvalue weighted by molar-refractivity contribution is -0.122. The van der Waals surface area contributed by atoms with Crippen molar-refractivity contribution < 1.29 is 9.53 Å². The number of likely N-dealkylation sites (N-methyl/N-ethyl adjacent to an activating group) is 1. The maximum Gasteiger partial charge on any atom is 0.265 e. The average molecular weight is 396 g/mol. The SMILES string of the molecule is Cc1cc(OC(C)C(=O)Nc2ccc(N3CCN(C)CC3)cc2)ccc1C(C)C. The first-order chi connectivity index (χ1) is 13.8. The molecule has 5 nitrogen and oxygen atoms in total. The third kappa shape index (κ3) is 5.51. The molecule has 1 aliphatic heterocycles. The molecular formula is C24H33N3O2. The number of amides is 1. The van der Waals surface area contributed by atoms with Gasteiger partial charge < -0.3 is 19.9 Å². The Morgan fingerprint density at radius 2 is 1.66 bits per heavy atom. The van der Waals surface area contributed by atoms with E-state index in [9.17, 15) is 4.79 Å². The number of rotatable bonds is 6. The molecule has 0 bridgehead atoms. The highest BCUT2D eigenvalue weighted by Gasteiger charge is 2.17. The molecule has 0 spiro atoms. The molecule has 5 heteroatoms. The largest absolute Gasteiger partial charge is 0.481 e. The highest BCUT2D eigenvalue weighted by atomic mass is 16.5. The van der Waals surface area contributed by atoms with Gasteiger partial charge in [-0.1, -0.05) is 19.9 Å². The minimum Gasteiger partial charge on any atom is -0.481 e. The molecule has 3 rings (SSSR count). The van der Waals surface area contributed by atoms with E-state index in [1.807, 2.05) is 24.3 Å². The number of ether oxygens (including phenoxy) is 1. The second-order valence-corrected chi connectivity index (χ2v) is 8.26. The van der Waals surface area contributed by atoms with Gasteiger partial charge in [0.1, 0.15) is 5.75 Å². The molecule has 1 amide bonds. The normalized spacial score (nSPS) is 16.0. The summed E-state index contributed by atoms with van der Waals surface area (Å²) in [5.74, 6) is 1.04. The van der Waals surface area contributed by atoms with Crippen molar-refractivity contribution in [2.75, 3.05) is 43.4 Å². The van der Waals surface area contributed by atoms with Gasteiger partial charge in [0.05, 0.1) is 0 Å². The number of hydrogen-bond donors (Lipinski definition) is 1. The van der Waals surface area contributed by atoms with E-state index in [1.54, 1.807) is 6.92 Å². The Kier molecular flexibility index (Phi) is 6.80. The number of nitrogens with one attached hydrogen (secondary N) is 1. The molecule has 1 fully saturated rings. The summed E-state index contributed by atoms with van der Waals surface area (Å²) in [7, 11) is 2.15. The number of aryl methyl sites for hydroxylation is 1. The standard InChI is InChI=1S/C24H33N3O2/c1-17(2)23-11-10-22(16-18(23)3)29-19(4)24(28)25-20-6-8-21(9-7-20)27-14-12-26(5)13-15-27/h6-11,16-17,19H,12-15H2,1-5H3,(H,25,28). The molecule has 1 N–H and O–H groups in total. The molecule has 0 saturated carbocycles. The fourth-order valence-corrected chi connectivity index (χ4v) is 3.69. The summed E-state index contributed by atoms with van der Waals surface area (Å²) < 4.78 is 5.87. The second kappa shape index (κ2) is 9.31. The Morgan fingerprint density at radius 3 is 2.24 bits per heavy atom. The van der Waals surface area contributed by atoms with Crippen molar-refractivity contribution in [2.45, 2.75) is 39.7 Å².